The molecule has 0 saturated carbocycles. The van der Waals surface area contributed by atoms with Crippen LogP contribution in [0.2, 0.25) is 0 Å². The SMILES string of the molecule is Nc1nccnc1C(=O)Nc1nc(-c2ccc(Oc3ccccc3)cc2)cs1. The molecule has 0 fully saturated rings. The third-order valence-corrected chi connectivity index (χ3v) is 4.55. The Balaban J connectivity index is 1.45. The Bertz CT molecular complexity index is 1100. The number of hydrogen-bond donors (Lipinski definition) is 2. The molecule has 4 aromatic rings. The number of thiazole rings is 1. The number of nitrogen functional groups attached to an aromatic ring is 1. The van der Waals surface area contributed by atoms with Crippen molar-refractivity contribution in [2.75, 3.05) is 11.1 Å². The molecule has 4 rings (SSSR count). The summed E-state index contributed by atoms with van der Waals surface area (Å²) in [6.45, 7) is 0. The zero-order valence-corrected chi connectivity index (χ0v) is 15.4. The van der Waals surface area contributed by atoms with Crippen LogP contribution < -0.4 is 15.8 Å². The van der Waals surface area contributed by atoms with Gasteiger partial charge in [0.1, 0.15) is 11.5 Å². The van der Waals surface area contributed by atoms with Gasteiger partial charge in [-0.3, -0.25) is 10.1 Å². The molecule has 28 heavy (non-hydrogen) atoms. The highest BCUT2D eigenvalue weighted by Crippen LogP contribution is 2.28. The van der Waals surface area contributed by atoms with Crippen LogP contribution in [0.5, 0.6) is 11.5 Å². The minimum atomic E-state index is -0.446. The number of rotatable bonds is 5. The van der Waals surface area contributed by atoms with Crippen LogP contribution in [0.15, 0.2) is 72.4 Å². The molecule has 0 radical (unpaired) electrons. The number of nitrogens with one attached hydrogen (secondary N) is 1. The maximum atomic E-state index is 12.3. The topological polar surface area (TPSA) is 103 Å². The van der Waals surface area contributed by atoms with E-state index >= 15 is 0 Å². The van der Waals surface area contributed by atoms with Gasteiger partial charge in [0.15, 0.2) is 16.6 Å². The van der Waals surface area contributed by atoms with Gasteiger partial charge in [-0.25, -0.2) is 15.0 Å². The molecular formula is C20H15N5O2S. The van der Waals surface area contributed by atoms with Gasteiger partial charge in [0.2, 0.25) is 0 Å². The standard InChI is InChI=1S/C20H15N5O2S/c21-18-17(22-10-11-23-18)19(26)25-20-24-16(12-28-20)13-6-8-15(9-7-13)27-14-4-2-1-3-5-14/h1-12H,(H2,21,23)(H,24,25,26). The molecule has 2 heterocycles. The second-order valence-corrected chi connectivity index (χ2v) is 6.58. The number of para-hydroxylation sites is 1. The van der Waals surface area contributed by atoms with Gasteiger partial charge in [-0.1, -0.05) is 18.2 Å². The summed E-state index contributed by atoms with van der Waals surface area (Å²) in [6.07, 6.45) is 2.84. The third kappa shape index (κ3) is 3.97. The lowest BCUT2D eigenvalue weighted by Gasteiger charge is -2.06. The normalized spacial score (nSPS) is 10.4. The van der Waals surface area contributed by atoms with Gasteiger partial charge in [0.05, 0.1) is 5.69 Å². The maximum Gasteiger partial charge on any atom is 0.279 e. The van der Waals surface area contributed by atoms with Gasteiger partial charge < -0.3 is 10.5 Å². The van der Waals surface area contributed by atoms with Crippen molar-refractivity contribution in [2.24, 2.45) is 0 Å². The van der Waals surface area contributed by atoms with Gasteiger partial charge in [-0.2, -0.15) is 0 Å². The molecule has 0 bridgehead atoms. The van der Waals surface area contributed by atoms with Gasteiger partial charge in [0, 0.05) is 23.3 Å². The number of carbonyl (C=O) groups excluding carboxylic acids is 1. The summed E-state index contributed by atoms with van der Waals surface area (Å²) in [5, 5.41) is 5.01. The van der Waals surface area contributed by atoms with E-state index in [2.05, 4.69) is 20.3 Å². The number of amides is 1. The molecule has 138 valence electrons. The number of nitrogens with zero attached hydrogens (tertiary/aromatic N) is 3. The van der Waals surface area contributed by atoms with E-state index in [0.29, 0.717) is 5.13 Å². The Labute approximate surface area is 164 Å². The lowest BCUT2D eigenvalue weighted by Crippen LogP contribution is -2.16. The Morgan fingerprint density at radius 3 is 2.43 bits per heavy atom. The monoisotopic (exact) mass is 389 g/mol. The van der Waals surface area contributed by atoms with E-state index in [1.54, 1.807) is 0 Å². The number of carbonyl (C=O) groups is 1. The number of hydrogen-bond acceptors (Lipinski definition) is 7. The van der Waals surface area contributed by atoms with Crippen LogP contribution in [0.4, 0.5) is 10.9 Å². The Morgan fingerprint density at radius 2 is 1.68 bits per heavy atom. The predicted molar refractivity (Wildman–Crippen MR) is 108 cm³/mol. The molecule has 8 heteroatoms. The van der Waals surface area contributed by atoms with Gasteiger partial charge in [-0.05, 0) is 36.4 Å². The van der Waals surface area contributed by atoms with Gasteiger partial charge in [0.25, 0.3) is 5.91 Å². The van der Waals surface area contributed by atoms with E-state index in [1.807, 2.05) is 60.0 Å². The molecule has 0 saturated heterocycles. The van der Waals surface area contributed by atoms with Crippen molar-refractivity contribution in [1.29, 1.82) is 0 Å². The minimum Gasteiger partial charge on any atom is -0.457 e. The van der Waals surface area contributed by atoms with Crippen molar-refractivity contribution < 1.29 is 9.53 Å². The zero-order chi connectivity index (χ0) is 19.3. The number of nitrogens with two attached hydrogens (primary N) is 1. The van der Waals surface area contributed by atoms with Gasteiger partial charge in [-0.15, -0.1) is 11.3 Å². The lowest BCUT2D eigenvalue weighted by atomic mass is 10.2. The summed E-state index contributed by atoms with van der Waals surface area (Å²) in [5.41, 5.74) is 7.41. The molecule has 7 nitrogen and oxygen atoms in total. The fourth-order valence-corrected chi connectivity index (χ4v) is 3.18. The van der Waals surface area contributed by atoms with Crippen LogP contribution in [-0.2, 0) is 0 Å². The van der Waals surface area contributed by atoms with E-state index in [4.69, 9.17) is 10.5 Å². The van der Waals surface area contributed by atoms with Crippen LogP contribution in [0.1, 0.15) is 10.5 Å². The zero-order valence-electron chi connectivity index (χ0n) is 14.6. The Kier molecular flexibility index (Phi) is 4.94. The van der Waals surface area contributed by atoms with Crippen molar-refractivity contribution in [3.8, 4) is 22.8 Å². The summed E-state index contributed by atoms with van der Waals surface area (Å²) in [6, 6.07) is 17.2. The summed E-state index contributed by atoms with van der Waals surface area (Å²) in [4.78, 5) is 24.5. The largest absolute Gasteiger partial charge is 0.457 e. The summed E-state index contributed by atoms with van der Waals surface area (Å²) >= 11 is 1.32. The first kappa shape index (κ1) is 17.6. The first-order chi connectivity index (χ1) is 13.7. The molecule has 0 atom stereocenters. The van der Waals surface area contributed by atoms with Gasteiger partial charge >= 0.3 is 0 Å². The van der Waals surface area contributed by atoms with E-state index < -0.39 is 5.91 Å². The molecular weight excluding hydrogens is 374 g/mol. The number of aromatic nitrogens is 3. The van der Waals surface area contributed by atoms with Crippen molar-refractivity contribution in [3.05, 3.63) is 78.1 Å². The number of benzene rings is 2. The van der Waals surface area contributed by atoms with E-state index in [-0.39, 0.29) is 11.5 Å². The highest BCUT2D eigenvalue weighted by atomic mass is 32.1. The minimum absolute atomic E-state index is 0.0710. The van der Waals surface area contributed by atoms with E-state index in [0.717, 1.165) is 22.8 Å². The molecule has 3 N–H and O–H groups in total. The van der Waals surface area contributed by atoms with Crippen molar-refractivity contribution in [3.63, 3.8) is 0 Å². The van der Waals surface area contributed by atoms with Crippen molar-refractivity contribution >= 4 is 28.2 Å². The molecule has 2 aromatic heterocycles. The fraction of sp³-hybridized carbons (Fsp3) is 0. The van der Waals surface area contributed by atoms with Crippen LogP contribution >= 0.6 is 11.3 Å². The van der Waals surface area contributed by atoms with Crippen molar-refractivity contribution in [2.45, 2.75) is 0 Å². The van der Waals surface area contributed by atoms with E-state index in [1.165, 1.54) is 23.7 Å². The number of anilines is 2. The average molecular weight is 389 g/mol. The Morgan fingerprint density at radius 1 is 0.964 bits per heavy atom. The molecule has 0 aliphatic heterocycles. The quantitative estimate of drug-likeness (QED) is 0.529. The summed E-state index contributed by atoms with van der Waals surface area (Å²) in [5.74, 6) is 1.14. The van der Waals surface area contributed by atoms with Crippen LogP contribution in [-0.4, -0.2) is 20.9 Å². The summed E-state index contributed by atoms with van der Waals surface area (Å²) in [7, 11) is 0. The van der Waals surface area contributed by atoms with Crippen molar-refractivity contribution in [1.82, 2.24) is 15.0 Å². The second kappa shape index (κ2) is 7.85. The molecule has 2 aromatic carbocycles. The second-order valence-electron chi connectivity index (χ2n) is 5.72. The lowest BCUT2D eigenvalue weighted by molar-refractivity contribution is 0.102. The smallest absolute Gasteiger partial charge is 0.279 e. The molecule has 0 unspecified atom stereocenters. The molecule has 0 aliphatic carbocycles. The average Bonchev–Trinajstić information content (AvgIpc) is 3.18. The van der Waals surface area contributed by atoms with Crippen LogP contribution in [0, 0.1) is 0 Å². The van der Waals surface area contributed by atoms with Crippen LogP contribution in [0.25, 0.3) is 11.3 Å². The first-order valence-electron chi connectivity index (χ1n) is 8.36. The fourth-order valence-electron chi connectivity index (χ4n) is 2.46. The predicted octanol–water partition coefficient (Wildman–Crippen LogP) is 4.23. The van der Waals surface area contributed by atoms with E-state index in [9.17, 15) is 4.79 Å². The third-order valence-electron chi connectivity index (χ3n) is 3.80. The maximum absolute atomic E-state index is 12.3. The summed E-state index contributed by atoms with van der Waals surface area (Å²) < 4.78 is 5.79. The molecule has 0 spiro atoms. The highest BCUT2D eigenvalue weighted by molar-refractivity contribution is 7.14. The first-order valence-corrected chi connectivity index (χ1v) is 9.24. The number of ether oxygens (including phenoxy) is 1. The molecule has 1 amide bonds. The Hall–Kier alpha value is -3.78. The highest BCUT2D eigenvalue weighted by Gasteiger charge is 2.14. The van der Waals surface area contributed by atoms with Crippen LogP contribution in [0.3, 0.4) is 0 Å². The molecule has 0 aliphatic rings.